The van der Waals surface area contributed by atoms with E-state index in [1.807, 2.05) is 24.3 Å². The van der Waals surface area contributed by atoms with Gasteiger partial charge in [-0.1, -0.05) is 18.2 Å². The van der Waals surface area contributed by atoms with Crippen molar-refractivity contribution in [3.63, 3.8) is 0 Å². The Morgan fingerprint density at radius 1 is 1.41 bits per heavy atom. The van der Waals surface area contributed by atoms with E-state index < -0.39 is 9.24 Å². The van der Waals surface area contributed by atoms with Crippen molar-refractivity contribution < 1.29 is 13.2 Å². The van der Waals surface area contributed by atoms with Crippen LogP contribution < -0.4 is 4.74 Å². The topological polar surface area (TPSA) is 46.6 Å². The lowest BCUT2D eigenvalue weighted by atomic mass is 10.1. The fourth-order valence-electron chi connectivity index (χ4n) is 1.53. The minimum atomic E-state index is -3.68. The van der Waals surface area contributed by atoms with E-state index in [4.69, 9.17) is 15.4 Å². The summed E-state index contributed by atoms with van der Waals surface area (Å²) >= 11 is 0. The molecule has 4 nitrogen and oxygen atoms in total. The lowest BCUT2D eigenvalue weighted by Gasteiger charge is -2.21. The molecule has 0 aliphatic rings. The van der Waals surface area contributed by atoms with Crippen LogP contribution >= 0.6 is 10.7 Å². The Hall–Kier alpha value is -0.780. The first kappa shape index (κ1) is 14.3. The molecule has 0 spiro atoms. The van der Waals surface area contributed by atoms with E-state index in [0.29, 0.717) is 6.42 Å². The Balaban J connectivity index is 2.84. The van der Waals surface area contributed by atoms with Crippen molar-refractivity contribution in [2.45, 2.75) is 19.4 Å². The maximum absolute atomic E-state index is 11.2. The van der Waals surface area contributed by atoms with Crippen molar-refractivity contribution in [1.82, 2.24) is 4.31 Å². The number of rotatable bonds is 5. The van der Waals surface area contributed by atoms with Gasteiger partial charge in [-0.15, -0.1) is 0 Å². The molecule has 96 valence electrons. The molecule has 0 N–H and O–H groups in total. The van der Waals surface area contributed by atoms with Crippen LogP contribution in [0.25, 0.3) is 0 Å². The standard InChI is InChI=1S/C11H16ClNO3S/c1-9(13(2)17(12,14)15)8-10-6-4-5-7-11(10)16-3/h4-7,9H,8H2,1-3H3. The van der Waals surface area contributed by atoms with Crippen molar-refractivity contribution in [3.8, 4) is 5.75 Å². The maximum Gasteiger partial charge on any atom is 0.299 e. The molecule has 0 bridgehead atoms. The Labute approximate surface area is 107 Å². The highest BCUT2D eigenvalue weighted by molar-refractivity contribution is 8.11. The second-order valence-electron chi connectivity index (χ2n) is 3.82. The molecule has 1 atom stereocenters. The molecule has 0 fully saturated rings. The second kappa shape index (κ2) is 5.71. The first-order valence-electron chi connectivity index (χ1n) is 5.15. The first-order valence-corrected chi connectivity index (χ1v) is 7.42. The molecule has 0 aliphatic heterocycles. The number of halogens is 1. The molecule has 0 radical (unpaired) electrons. The van der Waals surface area contributed by atoms with Crippen LogP contribution in [0.1, 0.15) is 12.5 Å². The van der Waals surface area contributed by atoms with E-state index >= 15 is 0 Å². The van der Waals surface area contributed by atoms with Crippen LogP contribution in [-0.2, 0) is 15.7 Å². The molecule has 1 aromatic carbocycles. The summed E-state index contributed by atoms with van der Waals surface area (Å²) in [5.41, 5.74) is 0.953. The predicted octanol–water partition coefficient (Wildman–Crippen LogP) is 2.04. The van der Waals surface area contributed by atoms with E-state index in [2.05, 4.69) is 0 Å². The first-order chi connectivity index (χ1) is 7.86. The number of benzene rings is 1. The van der Waals surface area contributed by atoms with Crippen molar-refractivity contribution >= 4 is 19.9 Å². The van der Waals surface area contributed by atoms with E-state index in [0.717, 1.165) is 15.6 Å². The van der Waals surface area contributed by atoms with Gasteiger partial charge in [-0.25, -0.2) is 0 Å². The SMILES string of the molecule is COc1ccccc1CC(C)N(C)S(=O)(=O)Cl. The summed E-state index contributed by atoms with van der Waals surface area (Å²) < 4.78 is 28.7. The molecule has 0 heterocycles. The number of methoxy groups -OCH3 is 1. The van der Waals surface area contributed by atoms with Gasteiger partial charge in [0, 0.05) is 23.8 Å². The van der Waals surface area contributed by atoms with Crippen LogP contribution in [0.15, 0.2) is 24.3 Å². The van der Waals surface area contributed by atoms with Gasteiger partial charge in [-0.05, 0) is 25.0 Å². The highest BCUT2D eigenvalue weighted by Crippen LogP contribution is 2.21. The van der Waals surface area contributed by atoms with Crippen LogP contribution in [0.5, 0.6) is 5.75 Å². The molecule has 1 unspecified atom stereocenters. The molecular weight excluding hydrogens is 262 g/mol. The van der Waals surface area contributed by atoms with Gasteiger partial charge in [0.15, 0.2) is 0 Å². The fraction of sp³-hybridized carbons (Fsp3) is 0.455. The van der Waals surface area contributed by atoms with E-state index in [-0.39, 0.29) is 6.04 Å². The number of hydrogen-bond donors (Lipinski definition) is 0. The van der Waals surface area contributed by atoms with Gasteiger partial charge < -0.3 is 4.74 Å². The fourth-order valence-corrected chi connectivity index (χ4v) is 2.45. The summed E-state index contributed by atoms with van der Waals surface area (Å²) in [4.78, 5) is 0. The molecule has 0 aliphatic carbocycles. The van der Waals surface area contributed by atoms with Crippen molar-refractivity contribution in [3.05, 3.63) is 29.8 Å². The summed E-state index contributed by atoms with van der Waals surface area (Å²) in [6.07, 6.45) is 0.548. The lowest BCUT2D eigenvalue weighted by Crippen LogP contribution is -2.33. The smallest absolute Gasteiger partial charge is 0.299 e. The normalized spacial score (nSPS) is 13.7. The number of ether oxygens (including phenoxy) is 1. The predicted molar refractivity (Wildman–Crippen MR) is 68.7 cm³/mol. The zero-order chi connectivity index (χ0) is 13.1. The minimum absolute atomic E-state index is 0.228. The summed E-state index contributed by atoms with van der Waals surface area (Å²) in [5, 5.41) is 0. The van der Waals surface area contributed by atoms with Crippen LogP contribution in [0, 0.1) is 0 Å². The average molecular weight is 278 g/mol. The minimum Gasteiger partial charge on any atom is -0.496 e. The lowest BCUT2D eigenvalue weighted by molar-refractivity contribution is 0.379. The summed E-state index contributed by atoms with van der Waals surface area (Å²) in [7, 11) is 4.66. The van der Waals surface area contributed by atoms with Crippen molar-refractivity contribution in [2.24, 2.45) is 0 Å². The van der Waals surface area contributed by atoms with Crippen LogP contribution in [-0.4, -0.2) is 32.9 Å². The zero-order valence-electron chi connectivity index (χ0n) is 10.1. The largest absolute Gasteiger partial charge is 0.496 e. The van der Waals surface area contributed by atoms with Gasteiger partial charge >= 0.3 is 0 Å². The molecule has 1 aromatic rings. The number of nitrogens with zero attached hydrogens (tertiary/aromatic N) is 1. The third-order valence-electron chi connectivity index (χ3n) is 2.67. The van der Waals surface area contributed by atoms with Gasteiger partial charge in [0.25, 0.3) is 9.24 Å². The van der Waals surface area contributed by atoms with Crippen LogP contribution in [0.4, 0.5) is 0 Å². The van der Waals surface area contributed by atoms with Gasteiger partial charge in [0.2, 0.25) is 0 Å². The second-order valence-corrected chi connectivity index (χ2v) is 6.39. The van der Waals surface area contributed by atoms with Gasteiger partial charge in [-0.2, -0.15) is 12.7 Å². The molecule has 17 heavy (non-hydrogen) atoms. The zero-order valence-corrected chi connectivity index (χ0v) is 11.6. The van der Waals surface area contributed by atoms with Crippen molar-refractivity contribution in [2.75, 3.05) is 14.2 Å². The van der Waals surface area contributed by atoms with Gasteiger partial charge in [0.1, 0.15) is 5.75 Å². The van der Waals surface area contributed by atoms with E-state index in [1.54, 1.807) is 14.0 Å². The molecule has 0 saturated carbocycles. The Morgan fingerprint density at radius 3 is 2.53 bits per heavy atom. The molecular formula is C11H16ClNO3S. The van der Waals surface area contributed by atoms with Gasteiger partial charge in [-0.3, -0.25) is 0 Å². The Kier molecular flexibility index (Phi) is 4.80. The van der Waals surface area contributed by atoms with E-state index in [1.165, 1.54) is 7.05 Å². The number of para-hydroxylation sites is 1. The van der Waals surface area contributed by atoms with Crippen LogP contribution in [0.3, 0.4) is 0 Å². The maximum atomic E-state index is 11.2. The van der Waals surface area contributed by atoms with E-state index in [9.17, 15) is 8.42 Å². The third kappa shape index (κ3) is 3.87. The summed E-state index contributed by atoms with van der Waals surface area (Å²) in [6.45, 7) is 1.80. The van der Waals surface area contributed by atoms with Crippen LogP contribution in [0.2, 0.25) is 0 Å². The summed E-state index contributed by atoms with van der Waals surface area (Å²) in [5.74, 6) is 0.750. The summed E-state index contributed by atoms with van der Waals surface area (Å²) in [6, 6.07) is 7.28. The monoisotopic (exact) mass is 277 g/mol. The molecule has 0 aromatic heterocycles. The quantitative estimate of drug-likeness (QED) is 0.774. The highest BCUT2D eigenvalue weighted by Gasteiger charge is 2.21. The van der Waals surface area contributed by atoms with Crippen molar-refractivity contribution in [1.29, 1.82) is 0 Å². The Bertz CT molecular complexity index is 475. The number of hydrogen-bond acceptors (Lipinski definition) is 3. The molecule has 0 amide bonds. The third-order valence-corrected chi connectivity index (χ3v) is 4.37. The molecule has 1 rings (SSSR count). The number of likely N-dealkylation sites (N-methyl/N-ethyl adjacent to an activating group) is 1. The molecule has 6 heteroatoms. The van der Waals surface area contributed by atoms with Gasteiger partial charge in [0.05, 0.1) is 7.11 Å². The molecule has 0 saturated heterocycles. The average Bonchev–Trinajstić information content (AvgIpc) is 2.27. The Morgan fingerprint density at radius 2 is 2.00 bits per heavy atom. The highest BCUT2D eigenvalue weighted by atomic mass is 35.7.